The highest BCUT2D eigenvalue weighted by Crippen LogP contribution is 2.38. The molecule has 1 atom stereocenters. The molecule has 1 aromatic carbocycles. The maximum Gasteiger partial charge on any atom is 0.274 e. The first kappa shape index (κ1) is 16.2. The Morgan fingerprint density at radius 1 is 1.15 bits per heavy atom. The minimum atomic E-state index is -0.0197. The minimum absolute atomic E-state index is 0.0197. The van der Waals surface area contributed by atoms with Gasteiger partial charge in [0.15, 0.2) is 11.5 Å². The Hall–Kier alpha value is -3.02. The Labute approximate surface area is 157 Å². The third kappa shape index (κ3) is 2.81. The van der Waals surface area contributed by atoms with E-state index in [0.717, 1.165) is 47.7 Å². The molecular weight excluding hydrogens is 342 g/mol. The lowest BCUT2D eigenvalue weighted by Crippen LogP contribution is -2.31. The highest BCUT2D eigenvalue weighted by molar-refractivity contribution is 5.93. The lowest BCUT2D eigenvalue weighted by molar-refractivity contribution is 0.0730. The minimum Gasteiger partial charge on any atom is -0.486 e. The molecule has 0 saturated carbocycles. The monoisotopic (exact) mass is 363 g/mol. The van der Waals surface area contributed by atoms with E-state index in [-0.39, 0.29) is 11.9 Å². The Balaban J connectivity index is 1.45. The number of hydrogen-bond acceptors (Lipinski definition) is 4. The molecule has 0 aliphatic carbocycles. The summed E-state index contributed by atoms with van der Waals surface area (Å²) in [6.07, 6.45) is 5.68. The highest BCUT2D eigenvalue weighted by atomic mass is 16.6. The zero-order chi connectivity index (χ0) is 18.4. The first-order valence-electron chi connectivity index (χ1n) is 9.35. The number of imidazole rings is 1. The van der Waals surface area contributed by atoms with Crippen LogP contribution in [0.3, 0.4) is 0 Å². The van der Waals surface area contributed by atoms with Gasteiger partial charge in [0.2, 0.25) is 0 Å². The third-order valence-corrected chi connectivity index (χ3v) is 5.30. The molecule has 6 nitrogen and oxygen atoms in total. The largest absolute Gasteiger partial charge is 0.486 e. The smallest absolute Gasteiger partial charge is 0.274 e. The molecule has 0 radical (unpaired) electrons. The number of carbonyl (C=O) groups excluding carboxylic acids is 1. The predicted octanol–water partition coefficient (Wildman–Crippen LogP) is 3.39. The molecule has 0 unspecified atom stereocenters. The van der Waals surface area contributed by atoms with Crippen LogP contribution in [0.15, 0.2) is 42.7 Å². The van der Waals surface area contributed by atoms with Gasteiger partial charge in [-0.1, -0.05) is 6.07 Å². The van der Waals surface area contributed by atoms with Crippen LogP contribution in [0.25, 0.3) is 5.65 Å². The van der Waals surface area contributed by atoms with Gasteiger partial charge in [0.25, 0.3) is 5.91 Å². The topological polar surface area (TPSA) is 56.1 Å². The summed E-state index contributed by atoms with van der Waals surface area (Å²) in [5, 5.41) is 0. The Bertz CT molecular complexity index is 1030. The van der Waals surface area contributed by atoms with Crippen molar-refractivity contribution in [1.29, 1.82) is 0 Å². The summed E-state index contributed by atoms with van der Waals surface area (Å²) in [5.41, 5.74) is 3.51. The fourth-order valence-corrected chi connectivity index (χ4v) is 3.96. The van der Waals surface area contributed by atoms with Gasteiger partial charge in [0.1, 0.15) is 24.6 Å². The first-order valence-corrected chi connectivity index (χ1v) is 9.35. The lowest BCUT2D eigenvalue weighted by Gasteiger charge is -2.26. The van der Waals surface area contributed by atoms with E-state index in [1.54, 1.807) is 0 Å². The molecule has 2 aromatic heterocycles. The number of aromatic nitrogens is 2. The van der Waals surface area contributed by atoms with Crippen LogP contribution in [0, 0.1) is 6.92 Å². The Kier molecular flexibility index (Phi) is 3.77. The summed E-state index contributed by atoms with van der Waals surface area (Å²) in [7, 11) is 0. The number of nitrogens with zero attached hydrogens (tertiary/aromatic N) is 3. The van der Waals surface area contributed by atoms with E-state index >= 15 is 0 Å². The Morgan fingerprint density at radius 3 is 2.89 bits per heavy atom. The molecule has 3 aromatic rings. The molecule has 1 amide bonds. The molecule has 138 valence electrons. The van der Waals surface area contributed by atoms with Crippen molar-refractivity contribution in [3.8, 4) is 11.5 Å². The normalized spacial score (nSPS) is 18.9. The number of rotatable bonds is 2. The van der Waals surface area contributed by atoms with E-state index in [0.29, 0.717) is 18.9 Å². The average molecular weight is 363 g/mol. The standard InChI is InChI=1S/C21H21N3O3/c1-14-6-8-23-13-16(22-20(23)11-14)21(25)24-7-2-3-17(24)15-4-5-18-19(12-15)27-10-9-26-18/h4-6,8,11-13,17H,2-3,7,9-10H2,1H3/t17-/m0/s1. The number of aryl methyl sites for hydroxylation is 1. The fraction of sp³-hybridized carbons (Fsp3) is 0.333. The molecule has 4 heterocycles. The number of benzene rings is 1. The summed E-state index contributed by atoms with van der Waals surface area (Å²) in [5.74, 6) is 1.52. The second-order valence-corrected chi connectivity index (χ2v) is 7.16. The maximum atomic E-state index is 13.2. The molecule has 27 heavy (non-hydrogen) atoms. The molecular formula is C21H21N3O3. The second kappa shape index (κ2) is 6.30. The highest BCUT2D eigenvalue weighted by Gasteiger charge is 2.32. The van der Waals surface area contributed by atoms with E-state index in [1.807, 2.05) is 58.9 Å². The average Bonchev–Trinajstić information content (AvgIpc) is 3.33. The van der Waals surface area contributed by atoms with Crippen LogP contribution in [0.4, 0.5) is 0 Å². The van der Waals surface area contributed by atoms with Crippen molar-refractivity contribution >= 4 is 11.6 Å². The summed E-state index contributed by atoms with van der Waals surface area (Å²) in [4.78, 5) is 19.6. The molecule has 2 aliphatic rings. The van der Waals surface area contributed by atoms with Gasteiger partial charge in [-0.3, -0.25) is 4.79 Å². The van der Waals surface area contributed by atoms with Gasteiger partial charge in [-0.05, 0) is 55.2 Å². The summed E-state index contributed by atoms with van der Waals surface area (Å²) in [6, 6.07) is 10.0. The number of hydrogen-bond donors (Lipinski definition) is 0. The molecule has 6 heteroatoms. The molecule has 0 N–H and O–H groups in total. The SMILES string of the molecule is Cc1ccn2cc(C(=O)N3CCC[C@H]3c3ccc4c(c3)OCCO4)nc2c1. The molecule has 5 rings (SSSR count). The summed E-state index contributed by atoms with van der Waals surface area (Å²) >= 11 is 0. The van der Waals surface area contributed by atoms with Crippen molar-refractivity contribution in [1.82, 2.24) is 14.3 Å². The zero-order valence-corrected chi connectivity index (χ0v) is 15.2. The van der Waals surface area contributed by atoms with Gasteiger partial charge < -0.3 is 18.8 Å². The van der Waals surface area contributed by atoms with Crippen LogP contribution in [0.1, 0.15) is 40.5 Å². The number of amides is 1. The van der Waals surface area contributed by atoms with Crippen molar-refractivity contribution in [2.24, 2.45) is 0 Å². The quantitative estimate of drug-likeness (QED) is 0.700. The molecule has 1 fully saturated rings. The van der Waals surface area contributed by atoms with Crippen LogP contribution < -0.4 is 9.47 Å². The van der Waals surface area contributed by atoms with Crippen molar-refractivity contribution in [3.05, 3.63) is 59.5 Å². The maximum absolute atomic E-state index is 13.2. The van der Waals surface area contributed by atoms with Crippen molar-refractivity contribution in [2.75, 3.05) is 19.8 Å². The van der Waals surface area contributed by atoms with Gasteiger partial charge in [0, 0.05) is 18.9 Å². The van der Waals surface area contributed by atoms with Crippen molar-refractivity contribution < 1.29 is 14.3 Å². The van der Waals surface area contributed by atoms with E-state index in [1.165, 1.54) is 0 Å². The van der Waals surface area contributed by atoms with Gasteiger partial charge in [-0.25, -0.2) is 4.98 Å². The van der Waals surface area contributed by atoms with Crippen LogP contribution in [0.5, 0.6) is 11.5 Å². The van der Waals surface area contributed by atoms with Gasteiger partial charge in [-0.15, -0.1) is 0 Å². The van der Waals surface area contributed by atoms with Crippen molar-refractivity contribution in [2.45, 2.75) is 25.8 Å². The van der Waals surface area contributed by atoms with Gasteiger partial charge >= 0.3 is 0 Å². The van der Waals surface area contributed by atoms with Crippen molar-refractivity contribution in [3.63, 3.8) is 0 Å². The summed E-state index contributed by atoms with van der Waals surface area (Å²) < 4.78 is 13.2. The lowest BCUT2D eigenvalue weighted by atomic mass is 10.0. The number of likely N-dealkylation sites (tertiary alicyclic amines) is 1. The predicted molar refractivity (Wildman–Crippen MR) is 100 cm³/mol. The number of carbonyl (C=O) groups is 1. The molecule has 2 aliphatic heterocycles. The van der Waals surface area contributed by atoms with Crippen LogP contribution in [-0.2, 0) is 0 Å². The van der Waals surface area contributed by atoms with Crippen LogP contribution in [-0.4, -0.2) is 40.0 Å². The molecule has 0 spiro atoms. The number of ether oxygens (including phenoxy) is 2. The van der Waals surface area contributed by atoms with E-state index in [4.69, 9.17) is 9.47 Å². The van der Waals surface area contributed by atoms with E-state index in [9.17, 15) is 4.79 Å². The zero-order valence-electron chi connectivity index (χ0n) is 15.2. The van der Waals surface area contributed by atoms with E-state index in [2.05, 4.69) is 4.98 Å². The first-order chi connectivity index (χ1) is 13.2. The van der Waals surface area contributed by atoms with E-state index < -0.39 is 0 Å². The fourth-order valence-electron chi connectivity index (χ4n) is 3.96. The molecule has 1 saturated heterocycles. The third-order valence-electron chi connectivity index (χ3n) is 5.30. The number of fused-ring (bicyclic) bond motifs is 2. The second-order valence-electron chi connectivity index (χ2n) is 7.16. The van der Waals surface area contributed by atoms with Gasteiger partial charge in [0.05, 0.1) is 6.04 Å². The van der Waals surface area contributed by atoms with Gasteiger partial charge in [-0.2, -0.15) is 0 Å². The van der Waals surface area contributed by atoms with Crippen LogP contribution >= 0.6 is 0 Å². The van der Waals surface area contributed by atoms with Crippen LogP contribution in [0.2, 0.25) is 0 Å². The molecule has 0 bridgehead atoms. The Morgan fingerprint density at radius 2 is 2.00 bits per heavy atom. The summed E-state index contributed by atoms with van der Waals surface area (Å²) in [6.45, 7) is 3.90. The number of pyridine rings is 1.